The predicted molar refractivity (Wildman–Crippen MR) is 91.2 cm³/mol. The molecular formula is C20H23NO. The molecule has 1 amide bonds. The van der Waals surface area contributed by atoms with Gasteiger partial charge in [-0.1, -0.05) is 49.4 Å². The number of nitrogens with zero attached hydrogens (tertiary/aromatic N) is 1. The van der Waals surface area contributed by atoms with Crippen LogP contribution in [0.4, 0.5) is 5.69 Å². The minimum Gasteiger partial charge on any atom is -0.309 e. The minimum atomic E-state index is 0.233. The number of aryl methyl sites for hydroxylation is 2. The molecule has 114 valence electrons. The summed E-state index contributed by atoms with van der Waals surface area (Å²) >= 11 is 0. The van der Waals surface area contributed by atoms with E-state index in [0.29, 0.717) is 6.42 Å². The van der Waals surface area contributed by atoms with E-state index >= 15 is 0 Å². The van der Waals surface area contributed by atoms with E-state index in [1.54, 1.807) is 0 Å². The zero-order valence-corrected chi connectivity index (χ0v) is 13.4. The SMILES string of the molecule is CCc1ccc(CCC(=O)N2c3ccccc3C[C@@H]2C)cc1. The molecule has 0 unspecified atom stereocenters. The molecule has 1 aliphatic heterocycles. The second kappa shape index (κ2) is 6.35. The summed E-state index contributed by atoms with van der Waals surface area (Å²) in [6.45, 7) is 4.29. The first-order valence-corrected chi connectivity index (χ1v) is 8.17. The molecule has 1 heterocycles. The van der Waals surface area contributed by atoms with Gasteiger partial charge in [-0.05, 0) is 48.9 Å². The van der Waals surface area contributed by atoms with Gasteiger partial charge in [0.1, 0.15) is 0 Å². The summed E-state index contributed by atoms with van der Waals surface area (Å²) < 4.78 is 0. The van der Waals surface area contributed by atoms with Crippen LogP contribution >= 0.6 is 0 Å². The van der Waals surface area contributed by atoms with Gasteiger partial charge in [0.05, 0.1) is 0 Å². The van der Waals surface area contributed by atoms with Crippen molar-refractivity contribution in [2.24, 2.45) is 0 Å². The highest BCUT2D eigenvalue weighted by Gasteiger charge is 2.29. The summed E-state index contributed by atoms with van der Waals surface area (Å²) in [6.07, 6.45) is 3.41. The molecule has 0 aromatic heterocycles. The summed E-state index contributed by atoms with van der Waals surface area (Å²) in [7, 11) is 0. The van der Waals surface area contributed by atoms with Crippen molar-refractivity contribution in [3.63, 3.8) is 0 Å². The van der Waals surface area contributed by atoms with Gasteiger partial charge in [-0.2, -0.15) is 0 Å². The zero-order valence-electron chi connectivity index (χ0n) is 13.4. The Labute approximate surface area is 132 Å². The third kappa shape index (κ3) is 2.92. The van der Waals surface area contributed by atoms with Crippen LogP contribution in [0.15, 0.2) is 48.5 Å². The van der Waals surface area contributed by atoms with Gasteiger partial charge in [-0.15, -0.1) is 0 Å². The number of amides is 1. The molecular weight excluding hydrogens is 270 g/mol. The summed E-state index contributed by atoms with van der Waals surface area (Å²) in [6, 6.07) is 17.1. The highest BCUT2D eigenvalue weighted by atomic mass is 16.2. The molecule has 0 bridgehead atoms. The maximum atomic E-state index is 12.6. The molecule has 0 N–H and O–H groups in total. The number of carbonyl (C=O) groups is 1. The fourth-order valence-electron chi connectivity index (χ4n) is 3.26. The summed E-state index contributed by atoms with van der Waals surface area (Å²) in [5.41, 5.74) is 4.97. The smallest absolute Gasteiger partial charge is 0.227 e. The molecule has 0 fully saturated rings. The molecule has 0 spiro atoms. The number of hydrogen-bond acceptors (Lipinski definition) is 1. The van der Waals surface area contributed by atoms with E-state index in [1.165, 1.54) is 16.7 Å². The van der Waals surface area contributed by atoms with E-state index < -0.39 is 0 Å². The Kier molecular flexibility index (Phi) is 4.28. The van der Waals surface area contributed by atoms with Crippen LogP contribution in [0, 0.1) is 0 Å². The molecule has 22 heavy (non-hydrogen) atoms. The standard InChI is InChI=1S/C20H23NO/c1-3-16-8-10-17(11-9-16)12-13-20(22)21-15(2)14-18-6-4-5-7-19(18)21/h4-11,15H,3,12-14H2,1-2H3/t15-/m0/s1. The normalized spacial score (nSPS) is 16.6. The maximum Gasteiger partial charge on any atom is 0.227 e. The number of rotatable bonds is 4. The molecule has 2 aromatic rings. The number of hydrogen-bond donors (Lipinski definition) is 0. The second-order valence-corrected chi connectivity index (χ2v) is 6.12. The monoisotopic (exact) mass is 293 g/mol. The molecule has 2 aromatic carbocycles. The molecule has 0 radical (unpaired) electrons. The highest BCUT2D eigenvalue weighted by molar-refractivity contribution is 5.96. The Bertz CT molecular complexity index is 660. The van der Waals surface area contributed by atoms with Crippen LogP contribution in [0.5, 0.6) is 0 Å². The average Bonchev–Trinajstić information content (AvgIpc) is 2.89. The van der Waals surface area contributed by atoms with Crippen LogP contribution in [0.3, 0.4) is 0 Å². The van der Waals surface area contributed by atoms with Crippen molar-refractivity contribution in [3.05, 3.63) is 65.2 Å². The van der Waals surface area contributed by atoms with Crippen LogP contribution in [0.25, 0.3) is 0 Å². The van der Waals surface area contributed by atoms with E-state index in [0.717, 1.165) is 24.9 Å². The summed E-state index contributed by atoms with van der Waals surface area (Å²) in [5.74, 6) is 0.233. The van der Waals surface area contributed by atoms with Gasteiger partial charge in [0.25, 0.3) is 0 Å². The first-order valence-electron chi connectivity index (χ1n) is 8.17. The quantitative estimate of drug-likeness (QED) is 0.829. The lowest BCUT2D eigenvalue weighted by Crippen LogP contribution is -2.35. The Morgan fingerprint density at radius 3 is 2.50 bits per heavy atom. The van der Waals surface area contributed by atoms with Gasteiger partial charge in [-0.25, -0.2) is 0 Å². The third-order valence-corrected chi connectivity index (χ3v) is 4.53. The fourth-order valence-corrected chi connectivity index (χ4v) is 3.26. The van der Waals surface area contributed by atoms with Crippen LogP contribution in [-0.2, 0) is 24.1 Å². The first kappa shape index (κ1) is 14.8. The Morgan fingerprint density at radius 1 is 1.09 bits per heavy atom. The van der Waals surface area contributed by atoms with Gasteiger partial charge in [0, 0.05) is 18.2 Å². The molecule has 0 saturated carbocycles. The molecule has 1 aliphatic rings. The maximum absolute atomic E-state index is 12.6. The van der Waals surface area contributed by atoms with Gasteiger partial charge >= 0.3 is 0 Å². The molecule has 2 nitrogen and oxygen atoms in total. The summed E-state index contributed by atoms with van der Waals surface area (Å²) in [4.78, 5) is 14.6. The fraction of sp³-hybridized carbons (Fsp3) is 0.350. The van der Waals surface area contributed by atoms with Gasteiger partial charge in [0.2, 0.25) is 5.91 Å². The first-order chi connectivity index (χ1) is 10.7. The van der Waals surface area contributed by atoms with Crippen molar-refractivity contribution < 1.29 is 4.79 Å². The number of fused-ring (bicyclic) bond motifs is 1. The van der Waals surface area contributed by atoms with Crippen LogP contribution in [0.1, 0.15) is 37.0 Å². The van der Waals surface area contributed by atoms with Crippen molar-refractivity contribution in [1.82, 2.24) is 0 Å². The third-order valence-electron chi connectivity index (χ3n) is 4.53. The van der Waals surface area contributed by atoms with E-state index in [1.807, 2.05) is 11.0 Å². The number of anilines is 1. The molecule has 0 saturated heterocycles. The van der Waals surface area contributed by atoms with Gasteiger partial charge in [0.15, 0.2) is 0 Å². The van der Waals surface area contributed by atoms with Crippen molar-refractivity contribution >= 4 is 11.6 Å². The highest BCUT2D eigenvalue weighted by Crippen LogP contribution is 2.32. The minimum absolute atomic E-state index is 0.233. The summed E-state index contributed by atoms with van der Waals surface area (Å²) in [5, 5.41) is 0. The van der Waals surface area contributed by atoms with Crippen molar-refractivity contribution in [2.75, 3.05) is 4.90 Å². The van der Waals surface area contributed by atoms with Crippen LogP contribution in [-0.4, -0.2) is 11.9 Å². The van der Waals surface area contributed by atoms with Gasteiger partial charge < -0.3 is 4.90 Å². The lowest BCUT2D eigenvalue weighted by atomic mass is 10.1. The van der Waals surface area contributed by atoms with Crippen molar-refractivity contribution in [3.8, 4) is 0 Å². The van der Waals surface area contributed by atoms with E-state index in [2.05, 4.69) is 56.3 Å². The lowest BCUT2D eigenvalue weighted by molar-refractivity contribution is -0.118. The number of benzene rings is 2. The second-order valence-electron chi connectivity index (χ2n) is 6.12. The lowest BCUT2D eigenvalue weighted by Gasteiger charge is -2.22. The average molecular weight is 293 g/mol. The Hall–Kier alpha value is -2.09. The van der Waals surface area contributed by atoms with Crippen LogP contribution in [0.2, 0.25) is 0 Å². The van der Waals surface area contributed by atoms with Crippen molar-refractivity contribution in [2.45, 2.75) is 45.6 Å². The molecule has 3 rings (SSSR count). The Balaban J connectivity index is 1.67. The van der Waals surface area contributed by atoms with E-state index in [4.69, 9.17) is 0 Å². The van der Waals surface area contributed by atoms with E-state index in [9.17, 15) is 4.79 Å². The molecule has 2 heteroatoms. The van der Waals surface area contributed by atoms with Crippen LogP contribution < -0.4 is 4.90 Å². The molecule has 0 aliphatic carbocycles. The van der Waals surface area contributed by atoms with Crippen molar-refractivity contribution in [1.29, 1.82) is 0 Å². The topological polar surface area (TPSA) is 20.3 Å². The largest absolute Gasteiger partial charge is 0.309 e. The zero-order chi connectivity index (χ0) is 15.5. The predicted octanol–water partition coefficient (Wildman–Crippen LogP) is 4.16. The number of para-hydroxylation sites is 1. The van der Waals surface area contributed by atoms with E-state index in [-0.39, 0.29) is 11.9 Å². The Morgan fingerprint density at radius 2 is 1.77 bits per heavy atom. The number of carbonyl (C=O) groups excluding carboxylic acids is 1. The van der Waals surface area contributed by atoms with Gasteiger partial charge in [-0.3, -0.25) is 4.79 Å². The molecule has 1 atom stereocenters.